The lowest BCUT2D eigenvalue weighted by Crippen LogP contribution is -1.85. The SMILES string of the molecule is c1ccc2cc3c(ccc4c3ccc3cc5occc5nc34)cc2c1. The van der Waals surface area contributed by atoms with Crippen molar-refractivity contribution < 1.29 is 4.42 Å². The minimum Gasteiger partial charge on any atom is -0.463 e. The van der Waals surface area contributed by atoms with Crippen LogP contribution in [0.5, 0.6) is 0 Å². The first-order valence-electron chi connectivity index (χ1n) is 8.39. The summed E-state index contributed by atoms with van der Waals surface area (Å²) in [6.07, 6.45) is 1.69. The highest BCUT2D eigenvalue weighted by Gasteiger charge is 2.09. The second-order valence-electron chi connectivity index (χ2n) is 6.51. The summed E-state index contributed by atoms with van der Waals surface area (Å²) in [5, 5.41) is 8.60. The molecule has 0 atom stereocenters. The largest absolute Gasteiger partial charge is 0.463 e. The Hall–Kier alpha value is -3.39. The number of hydrogen-bond acceptors (Lipinski definition) is 2. The molecule has 0 aliphatic rings. The Labute approximate surface area is 143 Å². The van der Waals surface area contributed by atoms with E-state index in [0.717, 1.165) is 22.0 Å². The van der Waals surface area contributed by atoms with Crippen molar-refractivity contribution in [2.45, 2.75) is 0 Å². The number of benzene rings is 4. The Balaban J connectivity index is 1.82. The summed E-state index contributed by atoms with van der Waals surface area (Å²) in [5.41, 5.74) is 2.76. The van der Waals surface area contributed by atoms with Crippen molar-refractivity contribution in [3.63, 3.8) is 0 Å². The van der Waals surface area contributed by atoms with Crippen LogP contribution in [0.25, 0.3) is 54.3 Å². The number of aromatic nitrogens is 1. The van der Waals surface area contributed by atoms with E-state index in [-0.39, 0.29) is 0 Å². The van der Waals surface area contributed by atoms with Gasteiger partial charge in [0.15, 0.2) is 5.58 Å². The molecule has 4 aromatic carbocycles. The van der Waals surface area contributed by atoms with E-state index >= 15 is 0 Å². The molecule has 0 unspecified atom stereocenters. The predicted octanol–water partition coefficient (Wildman–Crippen LogP) is 6.44. The van der Waals surface area contributed by atoms with Crippen molar-refractivity contribution >= 4 is 54.3 Å². The number of hydrogen-bond donors (Lipinski definition) is 0. The van der Waals surface area contributed by atoms with E-state index in [1.54, 1.807) is 6.26 Å². The van der Waals surface area contributed by atoms with Gasteiger partial charge in [-0.2, -0.15) is 0 Å². The van der Waals surface area contributed by atoms with Gasteiger partial charge in [0, 0.05) is 16.8 Å². The fourth-order valence-electron chi connectivity index (χ4n) is 3.85. The molecular formula is C23H13NO. The molecule has 0 spiro atoms. The van der Waals surface area contributed by atoms with Crippen LogP contribution in [-0.4, -0.2) is 4.98 Å². The Morgan fingerprint density at radius 2 is 1.40 bits per heavy atom. The molecule has 25 heavy (non-hydrogen) atoms. The molecule has 2 nitrogen and oxygen atoms in total. The van der Waals surface area contributed by atoms with Gasteiger partial charge in [-0.3, -0.25) is 0 Å². The Bertz CT molecular complexity index is 1440. The molecule has 2 aromatic heterocycles. The third kappa shape index (κ3) is 1.76. The normalized spacial score (nSPS) is 12.0. The van der Waals surface area contributed by atoms with E-state index in [1.165, 1.54) is 32.3 Å². The van der Waals surface area contributed by atoms with Crippen LogP contribution in [-0.2, 0) is 0 Å². The maximum absolute atomic E-state index is 5.49. The molecule has 0 fully saturated rings. The van der Waals surface area contributed by atoms with E-state index in [0.29, 0.717) is 0 Å². The summed E-state index contributed by atoms with van der Waals surface area (Å²) in [7, 11) is 0. The zero-order valence-electron chi connectivity index (χ0n) is 13.4. The van der Waals surface area contributed by atoms with Gasteiger partial charge in [0.25, 0.3) is 0 Å². The minimum absolute atomic E-state index is 0.832. The highest BCUT2D eigenvalue weighted by Crippen LogP contribution is 2.33. The van der Waals surface area contributed by atoms with Crippen LogP contribution >= 0.6 is 0 Å². The number of furan rings is 1. The predicted molar refractivity (Wildman–Crippen MR) is 104 cm³/mol. The number of pyridine rings is 1. The van der Waals surface area contributed by atoms with Crippen molar-refractivity contribution in [3.05, 3.63) is 79.1 Å². The van der Waals surface area contributed by atoms with E-state index in [1.807, 2.05) is 6.07 Å². The third-order valence-electron chi connectivity index (χ3n) is 5.08. The van der Waals surface area contributed by atoms with Crippen LogP contribution in [0, 0.1) is 0 Å². The summed E-state index contributed by atoms with van der Waals surface area (Å²) in [5.74, 6) is 0. The molecule has 6 rings (SSSR count). The van der Waals surface area contributed by atoms with Gasteiger partial charge in [-0.05, 0) is 45.1 Å². The van der Waals surface area contributed by atoms with Crippen molar-refractivity contribution in [1.29, 1.82) is 0 Å². The van der Waals surface area contributed by atoms with Gasteiger partial charge in [-0.25, -0.2) is 4.98 Å². The van der Waals surface area contributed by atoms with Gasteiger partial charge >= 0.3 is 0 Å². The number of rotatable bonds is 0. The molecule has 0 aliphatic carbocycles. The molecule has 0 saturated carbocycles. The van der Waals surface area contributed by atoms with Crippen LogP contribution in [0.1, 0.15) is 0 Å². The van der Waals surface area contributed by atoms with Crippen molar-refractivity contribution in [3.8, 4) is 0 Å². The monoisotopic (exact) mass is 319 g/mol. The van der Waals surface area contributed by atoms with Crippen LogP contribution in [0.3, 0.4) is 0 Å². The van der Waals surface area contributed by atoms with Gasteiger partial charge < -0.3 is 4.42 Å². The van der Waals surface area contributed by atoms with E-state index < -0.39 is 0 Å². The molecule has 2 heterocycles. The average molecular weight is 319 g/mol. The lowest BCUT2D eigenvalue weighted by molar-refractivity contribution is 0.616. The molecule has 0 N–H and O–H groups in total. The standard InChI is InChI=1S/C23H13NO/c1-2-4-15-12-20-16(11-14(15)3-1)5-8-19-18(20)7-6-17-13-22-21(9-10-25-22)24-23(17)19/h1-13H. The van der Waals surface area contributed by atoms with Gasteiger partial charge in [-0.15, -0.1) is 0 Å². The Morgan fingerprint density at radius 3 is 2.32 bits per heavy atom. The molecule has 6 aromatic rings. The first kappa shape index (κ1) is 13.0. The minimum atomic E-state index is 0.832. The molecule has 116 valence electrons. The summed E-state index contributed by atoms with van der Waals surface area (Å²) in [6.45, 7) is 0. The zero-order chi connectivity index (χ0) is 16.4. The topological polar surface area (TPSA) is 26.0 Å². The second-order valence-corrected chi connectivity index (χ2v) is 6.51. The van der Waals surface area contributed by atoms with Gasteiger partial charge in [0.05, 0.1) is 11.8 Å². The maximum Gasteiger partial charge on any atom is 0.152 e. The molecular weight excluding hydrogens is 306 g/mol. The quantitative estimate of drug-likeness (QED) is 0.238. The van der Waals surface area contributed by atoms with E-state index in [4.69, 9.17) is 9.40 Å². The highest BCUT2D eigenvalue weighted by atomic mass is 16.3. The summed E-state index contributed by atoms with van der Waals surface area (Å²) >= 11 is 0. The van der Waals surface area contributed by atoms with Gasteiger partial charge in [-0.1, -0.05) is 48.5 Å². The van der Waals surface area contributed by atoms with Crippen LogP contribution in [0.4, 0.5) is 0 Å². The molecule has 0 radical (unpaired) electrons. The number of fused-ring (bicyclic) bond motifs is 7. The van der Waals surface area contributed by atoms with E-state index in [2.05, 4.69) is 66.7 Å². The molecule has 2 heteroatoms. The first-order chi connectivity index (χ1) is 12.4. The lowest BCUT2D eigenvalue weighted by Gasteiger charge is -2.08. The Morgan fingerprint density at radius 1 is 0.600 bits per heavy atom. The fourth-order valence-corrected chi connectivity index (χ4v) is 3.85. The van der Waals surface area contributed by atoms with E-state index in [9.17, 15) is 0 Å². The van der Waals surface area contributed by atoms with Gasteiger partial charge in [0.2, 0.25) is 0 Å². The van der Waals surface area contributed by atoms with Crippen molar-refractivity contribution in [2.75, 3.05) is 0 Å². The lowest BCUT2D eigenvalue weighted by atomic mass is 9.97. The average Bonchev–Trinajstić information content (AvgIpc) is 3.11. The zero-order valence-corrected chi connectivity index (χ0v) is 13.4. The molecule has 0 saturated heterocycles. The summed E-state index contributed by atoms with van der Waals surface area (Å²) in [4.78, 5) is 4.84. The van der Waals surface area contributed by atoms with Gasteiger partial charge in [0.1, 0.15) is 5.52 Å². The molecule has 0 bridgehead atoms. The maximum atomic E-state index is 5.49. The molecule has 0 amide bonds. The second kappa shape index (κ2) is 4.58. The van der Waals surface area contributed by atoms with Crippen molar-refractivity contribution in [2.24, 2.45) is 0 Å². The summed E-state index contributed by atoms with van der Waals surface area (Å²) < 4.78 is 5.49. The highest BCUT2D eigenvalue weighted by molar-refractivity contribution is 6.19. The van der Waals surface area contributed by atoms with Crippen LogP contribution in [0.15, 0.2) is 83.5 Å². The fraction of sp³-hybridized carbons (Fsp3) is 0. The first-order valence-corrected chi connectivity index (χ1v) is 8.39. The number of nitrogens with zero attached hydrogens (tertiary/aromatic N) is 1. The van der Waals surface area contributed by atoms with Crippen LogP contribution < -0.4 is 0 Å². The Kier molecular flexibility index (Phi) is 2.37. The summed E-state index contributed by atoms with van der Waals surface area (Å²) in [6, 6.07) is 25.8. The third-order valence-corrected chi connectivity index (χ3v) is 5.08. The van der Waals surface area contributed by atoms with Crippen LogP contribution in [0.2, 0.25) is 0 Å². The smallest absolute Gasteiger partial charge is 0.152 e. The van der Waals surface area contributed by atoms with Crippen molar-refractivity contribution in [1.82, 2.24) is 4.98 Å². The molecule has 0 aliphatic heterocycles.